The third kappa shape index (κ3) is 2.87. The van der Waals surface area contributed by atoms with Crippen molar-refractivity contribution in [1.29, 1.82) is 0 Å². The molecule has 2 nitrogen and oxygen atoms in total. The molecule has 0 unspecified atom stereocenters. The Hall–Kier alpha value is -1.31. The third-order valence-corrected chi connectivity index (χ3v) is 2.15. The summed E-state index contributed by atoms with van der Waals surface area (Å²) in [5, 5.41) is 9.56. The number of para-hydroxylation sites is 1. The van der Waals surface area contributed by atoms with E-state index in [0.29, 0.717) is 5.75 Å². The zero-order valence-electron chi connectivity index (χ0n) is 8.83. The molecular formula is C12H17NO. The quantitative estimate of drug-likeness (QED) is 0.576. The van der Waals surface area contributed by atoms with E-state index in [2.05, 4.69) is 11.9 Å². The van der Waals surface area contributed by atoms with E-state index in [4.69, 9.17) is 0 Å². The molecule has 0 amide bonds. The van der Waals surface area contributed by atoms with Crippen LogP contribution < -0.4 is 0 Å². The number of rotatable bonds is 4. The van der Waals surface area contributed by atoms with E-state index < -0.39 is 0 Å². The second-order valence-electron chi connectivity index (χ2n) is 3.34. The molecule has 2 heteroatoms. The van der Waals surface area contributed by atoms with Gasteiger partial charge in [0.1, 0.15) is 5.75 Å². The lowest BCUT2D eigenvalue weighted by atomic mass is 10.1. The zero-order chi connectivity index (χ0) is 10.4. The summed E-state index contributed by atoms with van der Waals surface area (Å²) in [4.78, 5) is 4.40. The van der Waals surface area contributed by atoms with E-state index >= 15 is 0 Å². The first kappa shape index (κ1) is 10.8. The second kappa shape index (κ2) is 5.43. The molecule has 76 valence electrons. The fraction of sp³-hybridized carbons (Fsp3) is 0.417. The minimum atomic E-state index is 0.310. The lowest BCUT2D eigenvalue weighted by molar-refractivity contribution is 0.474. The summed E-state index contributed by atoms with van der Waals surface area (Å²) in [5.74, 6) is 0.310. The van der Waals surface area contributed by atoms with E-state index in [1.54, 1.807) is 6.07 Å². The molecule has 0 aromatic heterocycles. The van der Waals surface area contributed by atoms with Gasteiger partial charge in [0.05, 0.1) is 0 Å². The van der Waals surface area contributed by atoms with E-state index in [0.717, 1.165) is 30.7 Å². The number of phenolic OH excluding ortho intramolecular Hbond substituents is 1. The Labute approximate surface area is 85.3 Å². The van der Waals surface area contributed by atoms with Crippen LogP contribution in [0.3, 0.4) is 0 Å². The molecule has 0 aliphatic rings. The Balaban J connectivity index is 2.73. The minimum Gasteiger partial charge on any atom is -0.507 e. The number of benzene rings is 1. The highest BCUT2D eigenvalue weighted by molar-refractivity contribution is 6.00. The van der Waals surface area contributed by atoms with Crippen molar-refractivity contribution in [2.24, 2.45) is 4.99 Å². The van der Waals surface area contributed by atoms with Crippen molar-refractivity contribution in [3.63, 3.8) is 0 Å². The van der Waals surface area contributed by atoms with Crippen molar-refractivity contribution >= 4 is 5.71 Å². The van der Waals surface area contributed by atoms with Crippen LogP contribution in [0.15, 0.2) is 29.3 Å². The van der Waals surface area contributed by atoms with Crippen molar-refractivity contribution in [2.45, 2.75) is 26.7 Å². The number of hydrogen-bond donors (Lipinski definition) is 1. The molecule has 0 heterocycles. The van der Waals surface area contributed by atoms with Crippen molar-refractivity contribution in [2.75, 3.05) is 6.54 Å². The van der Waals surface area contributed by atoms with Crippen LogP contribution in [-0.4, -0.2) is 17.4 Å². The van der Waals surface area contributed by atoms with Crippen LogP contribution in [0, 0.1) is 0 Å². The maximum atomic E-state index is 9.56. The first-order valence-corrected chi connectivity index (χ1v) is 5.05. The first-order chi connectivity index (χ1) is 6.75. The van der Waals surface area contributed by atoms with Crippen LogP contribution in [0.5, 0.6) is 5.75 Å². The summed E-state index contributed by atoms with van der Waals surface area (Å²) >= 11 is 0. The fourth-order valence-electron chi connectivity index (χ4n) is 1.27. The van der Waals surface area contributed by atoms with E-state index in [1.165, 1.54) is 0 Å². The average molecular weight is 191 g/mol. The lowest BCUT2D eigenvalue weighted by Crippen LogP contribution is -1.96. The predicted octanol–water partition coefficient (Wildman–Crippen LogP) is 3.00. The van der Waals surface area contributed by atoms with Gasteiger partial charge in [-0.25, -0.2) is 0 Å². The van der Waals surface area contributed by atoms with Crippen LogP contribution >= 0.6 is 0 Å². The largest absolute Gasteiger partial charge is 0.507 e. The van der Waals surface area contributed by atoms with Gasteiger partial charge in [-0.05, 0) is 25.5 Å². The zero-order valence-corrected chi connectivity index (χ0v) is 8.83. The van der Waals surface area contributed by atoms with Gasteiger partial charge in [-0.15, -0.1) is 0 Å². The molecule has 0 aliphatic carbocycles. The molecule has 0 fully saturated rings. The average Bonchev–Trinajstić information content (AvgIpc) is 2.18. The van der Waals surface area contributed by atoms with Crippen LogP contribution in [0.2, 0.25) is 0 Å². The van der Waals surface area contributed by atoms with Gasteiger partial charge in [0.15, 0.2) is 0 Å². The Bertz CT molecular complexity index is 318. The summed E-state index contributed by atoms with van der Waals surface area (Å²) in [6.07, 6.45) is 2.25. The Kier molecular flexibility index (Phi) is 4.17. The number of aliphatic imine (C=N–C) groups is 1. The van der Waals surface area contributed by atoms with Crippen LogP contribution in [0.1, 0.15) is 32.3 Å². The van der Waals surface area contributed by atoms with Crippen molar-refractivity contribution < 1.29 is 5.11 Å². The standard InChI is InChI=1S/C12H17NO/c1-3-4-9-13-10(2)11-7-5-6-8-12(11)14/h5-8,14H,3-4,9H2,1-2H3. The predicted molar refractivity (Wildman–Crippen MR) is 60.1 cm³/mol. The molecule has 14 heavy (non-hydrogen) atoms. The molecule has 1 rings (SSSR count). The molecule has 1 N–H and O–H groups in total. The third-order valence-electron chi connectivity index (χ3n) is 2.15. The number of aromatic hydroxyl groups is 1. The summed E-state index contributed by atoms with van der Waals surface area (Å²) in [7, 11) is 0. The van der Waals surface area contributed by atoms with Gasteiger partial charge in [-0.3, -0.25) is 4.99 Å². The lowest BCUT2D eigenvalue weighted by Gasteiger charge is -2.03. The highest BCUT2D eigenvalue weighted by atomic mass is 16.3. The highest BCUT2D eigenvalue weighted by Gasteiger charge is 2.01. The number of phenols is 1. The normalized spacial score (nSPS) is 11.7. The summed E-state index contributed by atoms with van der Waals surface area (Å²) in [6.45, 7) is 4.92. The molecule has 0 spiro atoms. The van der Waals surface area contributed by atoms with Crippen molar-refractivity contribution in [3.05, 3.63) is 29.8 Å². The van der Waals surface area contributed by atoms with E-state index in [-0.39, 0.29) is 0 Å². The van der Waals surface area contributed by atoms with Gasteiger partial charge >= 0.3 is 0 Å². The first-order valence-electron chi connectivity index (χ1n) is 5.05. The van der Waals surface area contributed by atoms with Crippen LogP contribution in [-0.2, 0) is 0 Å². The van der Waals surface area contributed by atoms with Gasteiger partial charge < -0.3 is 5.11 Å². The summed E-state index contributed by atoms with van der Waals surface area (Å²) in [5.41, 5.74) is 1.75. The molecule has 0 aliphatic heterocycles. The van der Waals surface area contributed by atoms with Gasteiger partial charge in [0.25, 0.3) is 0 Å². The number of hydrogen-bond acceptors (Lipinski definition) is 2. The highest BCUT2D eigenvalue weighted by Crippen LogP contribution is 2.16. The smallest absolute Gasteiger partial charge is 0.124 e. The Morgan fingerprint density at radius 2 is 2.07 bits per heavy atom. The van der Waals surface area contributed by atoms with Gasteiger partial charge in [-0.2, -0.15) is 0 Å². The SMILES string of the molecule is CCCCN=C(C)c1ccccc1O. The molecule has 0 saturated heterocycles. The molecular weight excluding hydrogens is 174 g/mol. The van der Waals surface area contributed by atoms with Crippen LogP contribution in [0.4, 0.5) is 0 Å². The van der Waals surface area contributed by atoms with Crippen molar-refractivity contribution in [1.82, 2.24) is 0 Å². The maximum absolute atomic E-state index is 9.56. The second-order valence-corrected chi connectivity index (χ2v) is 3.34. The number of nitrogens with zero attached hydrogens (tertiary/aromatic N) is 1. The minimum absolute atomic E-state index is 0.310. The topological polar surface area (TPSA) is 32.6 Å². The maximum Gasteiger partial charge on any atom is 0.124 e. The molecule has 1 aromatic carbocycles. The van der Waals surface area contributed by atoms with Gasteiger partial charge in [-0.1, -0.05) is 25.5 Å². The van der Waals surface area contributed by atoms with E-state index in [9.17, 15) is 5.11 Å². The van der Waals surface area contributed by atoms with E-state index in [1.807, 2.05) is 25.1 Å². The molecule has 0 atom stereocenters. The summed E-state index contributed by atoms with van der Waals surface area (Å²) in [6, 6.07) is 7.31. The Morgan fingerprint density at radius 1 is 1.36 bits per heavy atom. The molecule has 0 saturated carbocycles. The molecule has 0 radical (unpaired) electrons. The number of unbranched alkanes of at least 4 members (excludes halogenated alkanes) is 1. The molecule has 1 aromatic rings. The van der Waals surface area contributed by atoms with Crippen LogP contribution in [0.25, 0.3) is 0 Å². The molecule has 0 bridgehead atoms. The van der Waals surface area contributed by atoms with Gasteiger partial charge in [0.2, 0.25) is 0 Å². The monoisotopic (exact) mass is 191 g/mol. The van der Waals surface area contributed by atoms with Crippen molar-refractivity contribution in [3.8, 4) is 5.75 Å². The summed E-state index contributed by atoms with van der Waals surface area (Å²) < 4.78 is 0. The fourth-order valence-corrected chi connectivity index (χ4v) is 1.27. The van der Waals surface area contributed by atoms with Gasteiger partial charge in [0, 0.05) is 17.8 Å². The Morgan fingerprint density at radius 3 is 2.71 bits per heavy atom.